The summed E-state index contributed by atoms with van der Waals surface area (Å²) < 4.78 is 5.58. The summed E-state index contributed by atoms with van der Waals surface area (Å²) in [6, 6.07) is 1.37. The molecule has 0 aromatic heterocycles. The van der Waals surface area contributed by atoms with Crippen molar-refractivity contribution in [2.75, 3.05) is 7.11 Å². The van der Waals surface area contributed by atoms with Crippen LogP contribution >= 0.6 is 0 Å². The highest BCUT2D eigenvalue weighted by Crippen LogP contribution is 2.47. The number of hydrogen-bond donors (Lipinski definition) is 1. The summed E-state index contributed by atoms with van der Waals surface area (Å²) in [5.41, 5.74) is 1.58. The molecule has 19 heavy (non-hydrogen) atoms. The zero-order valence-electron chi connectivity index (χ0n) is 12.4. The van der Waals surface area contributed by atoms with Crippen molar-refractivity contribution >= 4 is 0 Å². The Morgan fingerprint density at radius 3 is 3.00 bits per heavy atom. The molecule has 106 valence electrons. The fraction of sp³-hybridized carbons (Fsp3) is 0.765. The van der Waals surface area contributed by atoms with E-state index >= 15 is 0 Å². The quantitative estimate of drug-likeness (QED) is 0.841. The number of nitrogens with one attached hydrogen (secondary N) is 1. The highest BCUT2D eigenvalue weighted by atomic mass is 16.5. The van der Waals surface area contributed by atoms with Gasteiger partial charge in [0.2, 0.25) is 0 Å². The van der Waals surface area contributed by atoms with E-state index in [1.165, 1.54) is 25.7 Å². The van der Waals surface area contributed by atoms with E-state index in [-0.39, 0.29) is 0 Å². The Labute approximate surface area is 117 Å². The molecule has 2 nitrogen and oxygen atoms in total. The van der Waals surface area contributed by atoms with Crippen LogP contribution in [0.15, 0.2) is 23.8 Å². The standard InChI is InChI=1S/C17H27NO/c1-4-5-14-11(2)18-16-9-7-12-6-8-13(19-3)10-15(12)17(14)16/h6-8,11,13-18H,4-5,9-10H2,1-3H3/t11-,13?,14+,15?,16?,17?/m0/s1. The average Bonchev–Trinajstić information content (AvgIpc) is 2.75. The molecular weight excluding hydrogens is 234 g/mol. The van der Waals surface area contributed by atoms with E-state index in [1.54, 1.807) is 5.57 Å². The van der Waals surface area contributed by atoms with E-state index in [4.69, 9.17) is 4.74 Å². The van der Waals surface area contributed by atoms with Crippen LogP contribution in [-0.2, 0) is 4.74 Å². The molecular formula is C17H27NO. The van der Waals surface area contributed by atoms with Crippen molar-refractivity contribution in [3.8, 4) is 0 Å². The van der Waals surface area contributed by atoms with Crippen LogP contribution in [0.5, 0.6) is 0 Å². The number of ether oxygens (including phenoxy) is 1. The minimum atomic E-state index is 0.319. The first-order valence-corrected chi connectivity index (χ1v) is 7.91. The first kappa shape index (κ1) is 13.4. The van der Waals surface area contributed by atoms with Crippen LogP contribution in [0, 0.1) is 17.8 Å². The third-order valence-corrected chi connectivity index (χ3v) is 5.49. The van der Waals surface area contributed by atoms with Crippen LogP contribution in [0.1, 0.15) is 39.5 Å². The third kappa shape index (κ3) is 2.30. The first-order chi connectivity index (χ1) is 9.24. The van der Waals surface area contributed by atoms with Crippen molar-refractivity contribution in [3.63, 3.8) is 0 Å². The summed E-state index contributed by atoms with van der Waals surface area (Å²) >= 11 is 0. The Morgan fingerprint density at radius 1 is 1.42 bits per heavy atom. The molecule has 0 saturated carbocycles. The zero-order valence-corrected chi connectivity index (χ0v) is 12.4. The topological polar surface area (TPSA) is 21.3 Å². The van der Waals surface area contributed by atoms with Gasteiger partial charge in [-0.2, -0.15) is 0 Å². The summed E-state index contributed by atoms with van der Waals surface area (Å²) in [6.07, 6.45) is 12.4. The van der Waals surface area contributed by atoms with Gasteiger partial charge in [0.25, 0.3) is 0 Å². The van der Waals surface area contributed by atoms with Crippen LogP contribution in [-0.4, -0.2) is 25.3 Å². The van der Waals surface area contributed by atoms with Gasteiger partial charge in [0, 0.05) is 19.2 Å². The lowest BCUT2D eigenvalue weighted by atomic mass is 9.66. The number of rotatable bonds is 3. The van der Waals surface area contributed by atoms with Crippen LogP contribution in [0.4, 0.5) is 0 Å². The second kappa shape index (κ2) is 5.41. The third-order valence-electron chi connectivity index (χ3n) is 5.49. The van der Waals surface area contributed by atoms with Crippen LogP contribution < -0.4 is 5.32 Å². The van der Waals surface area contributed by atoms with Crippen molar-refractivity contribution in [3.05, 3.63) is 23.8 Å². The second-order valence-electron chi connectivity index (χ2n) is 6.51. The number of allylic oxidation sites excluding steroid dienone is 2. The maximum atomic E-state index is 5.58. The fourth-order valence-electron chi connectivity index (χ4n) is 4.63. The van der Waals surface area contributed by atoms with Gasteiger partial charge < -0.3 is 10.1 Å². The molecule has 2 heteroatoms. The van der Waals surface area contributed by atoms with E-state index in [9.17, 15) is 0 Å². The maximum Gasteiger partial charge on any atom is 0.0761 e. The monoisotopic (exact) mass is 261 g/mol. The molecule has 0 amide bonds. The van der Waals surface area contributed by atoms with E-state index in [0.29, 0.717) is 24.1 Å². The van der Waals surface area contributed by atoms with Crippen molar-refractivity contribution < 1.29 is 4.74 Å². The Bertz CT molecular complexity index is 387. The van der Waals surface area contributed by atoms with Crippen molar-refractivity contribution in [1.82, 2.24) is 5.32 Å². The van der Waals surface area contributed by atoms with Crippen molar-refractivity contribution in [2.24, 2.45) is 17.8 Å². The summed E-state index contributed by atoms with van der Waals surface area (Å²) in [5, 5.41) is 3.85. The maximum absolute atomic E-state index is 5.58. The molecule has 1 fully saturated rings. The lowest BCUT2D eigenvalue weighted by Gasteiger charge is -2.39. The lowest BCUT2D eigenvalue weighted by Crippen LogP contribution is -2.38. The van der Waals surface area contributed by atoms with E-state index in [2.05, 4.69) is 37.4 Å². The first-order valence-electron chi connectivity index (χ1n) is 7.91. The van der Waals surface area contributed by atoms with E-state index < -0.39 is 0 Å². The highest BCUT2D eigenvalue weighted by Gasteiger charge is 2.47. The Morgan fingerprint density at radius 2 is 2.26 bits per heavy atom. The average molecular weight is 261 g/mol. The molecule has 2 aliphatic carbocycles. The fourth-order valence-corrected chi connectivity index (χ4v) is 4.63. The molecule has 0 spiro atoms. The Kier molecular flexibility index (Phi) is 3.81. The molecule has 0 aromatic carbocycles. The predicted octanol–water partition coefficient (Wildman–Crippen LogP) is 3.30. The molecule has 1 saturated heterocycles. The summed E-state index contributed by atoms with van der Waals surface area (Å²) in [5.74, 6) is 2.37. The minimum absolute atomic E-state index is 0.319. The normalized spacial score (nSPS) is 44.7. The van der Waals surface area contributed by atoms with Gasteiger partial charge in [-0.3, -0.25) is 0 Å². The minimum Gasteiger partial charge on any atom is -0.377 e. The molecule has 3 rings (SSSR count). The van der Waals surface area contributed by atoms with Gasteiger partial charge in [-0.05, 0) is 49.5 Å². The largest absolute Gasteiger partial charge is 0.377 e. The smallest absolute Gasteiger partial charge is 0.0761 e. The Hall–Kier alpha value is -0.600. The van der Waals surface area contributed by atoms with Gasteiger partial charge in [-0.25, -0.2) is 0 Å². The van der Waals surface area contributed by atoms with Crippen LogP contribution in [0.25, 0.3) is 0 Å². The van der Waals surface area contributed by atoms with Gasteiger partial charge in [-0.15, -0.1) is 0 Å². The zero-order chi connectivity index (χ0) is 13.4. The molecule has 0 bridgehead atoms. The molecule has 4 unspecified atom stereocenters. The Balaban J connectivity index is 1.86. The van der Waals surface area contributed by atoms with E-state index in [1.807, 2.05) is 7.11 Å². The molecule has 6 atom stereocenters. The van der Waals surface area contributed by atoms with Gasteiger partial charge >= 0.3 is 0 Å². The van der Waals surface area contributed by atoms with Gasteiger partial charge in [0.15, 0.2) is 0 Å². The number of fused-ring (bicyclic) bond motifs is 3. The SMILES string of the molecule is CCC[C@H]1C2C(CC=C3C=CC(OC)CC32)N[C@H]1C. The van der Waals surface area contributed by atoms with Gasteiger partial charge in [-0.1, -0.05) is 31.6 Å². The molecule has 0 radical (unpaired) electrons. The van der Waals surface area contributed by atoms with E-state index in [0.717, 1.165) is 11.8 Å². The number of hydrogen-bond acceptors (Lipinski definition) is 2. The van der Waals surface area contributed by atoms with Gasteiger partial charge in [0.1, 0.15) is 0 Å². The molecule has 1 N–H and O–H groups in total. The highest BCUT2D eigenvalue weighted by molar-refractivity contribution is 5.32. The molecule has 1 aliphatic heterocycles. The molecule has 1 heterocycles. The number of methoxy groups -OCH3 is 1. The molecule has 3 aliphatic rings. The predicted molar refractivity (Wildman–Crippen MR) is 79.0 cm³/mol. The summed E-state index contributed by atoms with van der Waals surface area (Å²) in [7, 11) is 1.84. The van der Waals surface area contributed by atoms with Crippen LogP contribution in [0.3, 0.4) is 0 Å². The summed E-state index contributed by atoms with van der Waals surface area (Å²) in [6.45, 7) is 4.70. The van der Waals surface area contributed by atoms with Crippen molar-refractivity contribution in [1.29, 1.82) is 0 Å². The molecule has 0 aromatic rings. The summed E-state index contributed by atoms with van der Waals surface area (Å²) in [4.78, 5) is 0. The second-order valence-corrected chi connectivity index (χ2v) is 6.51. The van der Waals surface area contributed by atoms with Crippen molar-refractivity contribution in [2.45, 2.75) is 57.7 Å². The van der Waals surface area contributed by atoms with Gasteiger partial charge in [0.05, 0.1) is 6.10 Å². The van der Waals surface area contributed by atoms with Crippen LogP contribution in [0.2, 0.25) is 0 Å². The lowest BCUT2D eigenvalue weighted by molar-refractivity contribution is 0.0951.